The van der Waals surface area contributed by atoms with Gasteiger partial charge in [0.15, 0.2) is 6.61 Å². The number of amides is 1. The molecule has 1 N–H and O–H groups in total. The lowest BCUT2D eigenvalue weighted by molar-refractivity contribution is -0.147. The van der Waals surface area contributed by atoms with E-state index in [0.29, 0.717) is 12.1 Å². The standard InChI is InChI=1S/C15H19NO5/c1-3-7-14(18)21-10-13(17)16-12-9-6-5-8-11(12)15(19)20-4-2/h5-6,8-9H,3-4,7,10H2,1-2H3,(H,16,17). The predicted molar refractivity (Wildman–Crippen MR) is 76.9 cm³/mol. The molecule has 0 aliphatic carbocycles. The van der Waals surface area contributed by atoms with Crippen molar-refractivity contribution in [1.82, 2.24) is 0 Å². The number of esters is 2. The maximum Gasteiger partial charge on any atom is 0.340 e. The third kappa shape index (κ3) is 5.64. The molecule has 0 spiro atoms. The Hall–Kier alpha value is -2.37. The highest BCUT2D eigenvalue weighted by atomic mass is 16.5. The third-order valence-electron chi connectivity index (χ3n) is 2.51. The molecule has 21 heavy (non-hydrogen) atoms. The molecule has 1 amide bonds. The molecule has 0 unspecified atom stereocenters. The number of anilines is 1. The quantitative estimate of drug-likeness (QED) is 0.779. The highest BCUT2D eigenvalue weighted by Gasteiger charge is 2.14. The molecule has 1 rings (SSSR count). The lowest BCUT2D eigenvalue weighted by Crippen LogP contribution is -2.22. The van der Waals surface area contributed by atoms with Crippen molar-refractivity contribution in [3.05, 3.63) is 29.8 Å². The zero-order valence-electron chi connectivity index (χ0n) is 12.2. The van der Waals surface area contributed by atoms with Crippen LogP contribution in [0.2, 0.25) is 0 Å². The van der Waals surface area contributed by atoms with Crippen LogP contribution in [0.25, 0.3) is 0 Å². The SMILES string of the molecule is CCCC(=O)OCC(=O)Nc1ccccc1C(=O)OCC. The number of benzene rings is 1. The molecule has 0 saturated carbocycles. The number of hydrogen-bond acceptors (Lipinski definition) is 5. The highest BCUT2D eigenvalue weighted by molar-refractivity contribution is 6.01. The fourth-order valence-electron chi connectivity index (χ4n) is 1.59. The van der Waals surface area contributed by atoms with Gasteiger partial charge in [0.2, 0.25) is 0 Å². The molecule has 0 bridgehead atoms. The molecule has 1 aromatic carbocycles. The maximum atomic E-state index is 11.7. The fraction of sp³-hybridized carbons (Fsp3) is 0.400. The number of rotatable bonds is 7. The monoisotopic (exact) mass is 293 g/mol. The van der Waals surface area contributed by atoms with Gasteiger partial charge >= 0.3 is 11.9 Å². The van der Waals surface area contributed by atoms with Gasteiger partial charge in [-0.2, -0.15) is 0 Å². The summed E-state index contributed by atoms with van der Waals surface area (Å²) in [4.78, 5) is 34.6. The first-order valence-corrected chi connectivity index (χ1v) is 6.80. The average Bonchev–Trinajstić information content (AvgIpc) is 2.46. The maximum absolute atomic E-state index is 11.7. The summed E-state index contributed by atoms with van der Waals surface area (Å²) < 4.78 is 9.70. The Bertz CT molecular complexity index is 513. The molecule has 0 aromatic heterocycles. The minimum atomic E-state index is -0.517. The van der Waals surface area contributed by atoms with Gasteiger partial charge in [0, 0.05) is 6.42 Å². The van der Waals surface area contributed by atoms with Crippen LogP contribution in [0.3, 0.4) is 0 Å². The van der Waals surface area contributed by atoms with E-state index >= 15 is 0 Å². The Morgan fingerprint density at radius 3 is 2.48 bits per heavy atom. The van der Waals surface area contributed by atoms with Crippen molar-refractivity contribution in [3.8, 4) is 0 Å². The Labute approximate surface area is 123 Å². The van der Waals surface area contributed by atoms with Gasteiger partial charge in [0.25, 0.3) is 5.91 Å². The smallest absolute Gasteiger partial charge is 0.340 e. The van der Waals surface area contributed by atoms with Crippen LogP contribution in [0.4, 0.5) is 5.69 Å². The largest absolute Gasteiger partial charge is 0.462 e. The molecule has 6 heteroatoms. The van der Waals surface area contributed by atoms with Crippen molar-refractivity contribution >= 4 is 23.5 Å². The number of nitrogens with one attached hydrogen (secondary N) is 1. The summed E-state index contributed by atoms with van der Waals surface area (Å²) in [5.41, 5.74) is 0.583. The molecule has 0 aliphatic rings. The number of carbonyl (C=O) groups excluding carboxylic acids is 3. The fourth-order valence-corrected chi connectivity index (χ4v) is 1.59. The van der Waals surface area contributed by atoms with E-state index < -0.39 is 17.8 Å². The molecule has 0 fully saturated rings. The van der Waals surface area contributed by atoms with Crippen LogP contribution in [0.5, 0.6) is 0 Å². The van der Waals surface area contributed by atoms with Crippen LogP contribution in [0, 0.1) is 0 Å². The Kier molecular flexibility index (Phi) is 6.94. The second-order valence-electron chi connectivity index (χ2n) is 4.22. The first kappa shape index (κ1) is 16.7. The van der Waals surface area contributed by atoms with Gasteiger partial charge in [-0.05, 0) is 25.5 Å². The van der Waals surface area contributed by atoms with Crippen LogP contribution in [-0.2, 0) is 19.1 Å². The molecule has 0 aliphatic heterocycles. The van der Waals surface area contributed by atoms with Crippen LogP contribution in [-0.4, -0.2) is 31.1 Å². The van der Waals surface area contributed by atoms with E-state index in [-0.39, 0.29) is 25.2 Å². The van der Waals surface area contributed by atoms with Gasteiger partial charge in [-0.1, -0.05) is 19.1 Å². The minimum absolute atomic E-state index is 0.246. The van der Waals surface area contributed by atoms with Crippen LogP contribution in [0.15, 0.2) is 24.3 Å². The van der Waals surface area contributed by atoms with E-state index in [9.17, 15) is 14.4 Å². The van der Waals surface area contributed by atoms with E-state index in [4.69, 9.17) is 9.47 Å². The first-order chi connectivity index (χ1) is 10.1. The van der Waals surface area contributed by atoms with Crippen molar-refractivity contribution in [3.63, 3.8) is 0 Å². The summed E-state index contributed by atoms with van der Waals surface area (Å²) in [6.45, 7) is 3.41. The Morgan fingerprint density at radius 1 is 1.10 bits per heavy atom. The number of ether oxygens (including phenoxy) is 2. The molecule has 0 atom stereocenters. The zero-order chi connectivity index (χ0) is 15.7. The number of para-hydroxylation sites is 1. The van der Waals surface area contributed by atoms with E-state index in [2.05, 4.69) is 5.32 Å². The Balaban J connectivity index is 2.64. The van der Waals surface area contributed by atoms with Crippen molar-refractivity contribution in [2.24, 2.45) is 0 Å². The van der Waals surface area contributed by atoms with Crippen LogP contribution >= 0.6 is 0 Å². The summed E-state index contributed by atoms with van der Waals surface area (Å²) in [7, 11) is 0. The van der Waals surface area contributed by atoms with Gasteiger partial charge in [-0.3, -0.25) is 9.59 Å². The van der Waals surface area contributed by atoms with Gasteiger partial charge in [-0.15, -0.1) is 0 Å². The second kappa shape index (κ2) is 8.73. The van der Waals surface area contributed by atoms with Gasteiger partial charge in [-0.25, -0.2) is 4.79 Å². The van der Waals surface area contributed by atoms with Crippen LogP contribution < -0.4 is 5.32 Å². The highest BCUT2D eigenvalue weighted by Crippen LogP contribution is 2.16. The topological polar surface area (TPSA) is 81.7 Å². The molecular formula is C15H19NO5. The molecule has 1 aromatic rings. The lowest BCUT2D eigenvalue weighted by atomic mass is 10.2. The summed E-state index contributed by atoms with van der Waals surface area (Å²) >= 11 is 0. The van der Waals surface area contributed by atoms with E-state index in [1.807, 2.05) is 6.92 Å². The minimum Gasteiger partial charge on any atom is -0.462 e. The summed E-state index contributed by atoms with van der Waals surface area (Å²) in [5.74, 6) is -1.45. The predicted octanol–water partition coefficient (Wildman–Crippen LogP) is 2.15. The number of carbonyl (C=O) groups is 3. The molecule has 0 saturated heterocycles. The van der Waals surface area contributed by atoms with Crippen molar-refractivity contribution in [2.75, 3.05) is 18.5 Å². The summed E-state index contributed by atoms with van der Waals surface area (Å²) in [5, 5.41) is 2.53. The zero-order valence-corrected chi connectivity index (χ0v) is 12.2. The second-order valence-corrected chi connectivity index (χ2v) is 4.22. The molecule has 114 valence electrons. The Morgan fingerprint density at radius 2 is 1.81 bits per heavy atom. The molecule has 0 radical (unpaired) electrons. The lowest BCUT2D eigenvalue weighted by Gasteiger charge is -2.10. The van der Waals surface area contributed by atoms with E-state index in [1.165, 1.54) is 0 Å². The van der Waals surface area contributed by atoms with E-state index in [1.54, 1.807) is 31.2 Å². The van der Waals surface area contributed by atoms with Gasteiger partial charge < -0.3 is 14.8 Å². The van der Waals surface area contributed by atoms with Crippen molar-refractivity contribution in [2.45, 2.75) is 26.7 Å². The number of hydrogen-bond donors (Lipinski definition) is 1. The third-order valence-corrected chi connectivity index (χ3v) is 2.51. The van der Waals surface area contributed by atoms with Gasteiger partial charge in [0.05, 0.1) is 17.9 Å². The van der Waals surface area contributed by atoms with Crippen molar-refractivity contribution < 1.29 is 23.9 Å². The summed E-state index contributed by atoms with van der Waals surface area (Å²) in [6.07, 6.45) is 0.929. The first-order valence-electron chi connectivity index (χ1n) is 6.80. The molecular weight excluding hydrogens is 274 g/mol. The van der Waals surface area contributed by atoms with E-state index in [0.717, 1.165) is 0 Å². The van der Waals surface area contributed by atoms with Gasteiger partial charge in [0.1, 0.15) is 0 Å². The normalized spacial score (nSPS) is 9.81. The van der Waals surface area contributed by atoms with Crippen LogP contribution in [0.1, 0.15) is 37.0 Å². The molecule has 0 heterocycles. The summed E-state index contributed by atoms with van der Waals surface area (Å²) in [6, 6.07) is 6.49. The van der Waals surface area contributed by atoms with Crippen molar-refractivity contribution in [1.29, 1.82) is 0 Å². The molecule has 6 nitrogen and oxygen atoms in total. The average molecular weight is 293 g/mol.